The second kappa shape index (κ2) is 10.2. The van der Waals surface area contributed by atoms with Gasteiger partial charge in [-0.25, -0.2) is 0 Å². The number of amides is 2. The molecule has 0 saturated carbocycles. The van der Waals surface area contributed by atoms with Crippen LogP contribution in [-0.4, -0.2) is 66.8 Å². The summed E-state index contributed by atoms with van der Waals surface area (Å²) in [5.74, 6) is 0.595. The molecule has 2 amide bonds. The Morgan fingerprint density at radius 3 is 2.61 bits per heavy atom. The van der Waals surface area contributed by atoms with E-state index in [1.807, 2.05) is 6.07 Å². The summed E-state index contributed by atoms with van der Waals surface area (Å²) >= 11 is 0. The van der Waals surface area contributed by atoms with Gasteiger partial charge in [-0.15, -0.1) is 0 Å². The predicted molar refractivity (Wildman–Crippen MR) is 110 cm³/mol. The number of piperidine rings is 2. The Morgan fingerprint density at radius 2 is 1.89 bits per heavy atom. The number of hydrogen-bond donors (Lipinski definition) is 2. The Bertz CT molecular complexity index is 675. The highest BCUT2D eigenvalue weighted by Gasteiger charge is 2.25. The molecule has 7 nitrogen and oxygen atoms in total. The summed E-state index contributed by atoms with van der Waals surface area (Å²) in [6.45, 7) is 3.95. The summed E-state index contributed by atoms with van der Waals surface area (Å²) in [7, 11) is 1.75. The molecule has 7 heteroatoms. The quantitative estimate of drug-likeness (QED) is 0.439. The number of likely N-dealkylation sites (tertiary alicyclic amines) is 2. The van der Waals surface area contributed by atoms with E-state index in [4.69, 9.17) is 0 Å². The van der Waals surface area contributed by atoms with Crippen molar-refractivity contribution in [1.82, 2.24) is 20.4 Å². The molecule has 1 aromatic rings. The Kier molecular flexibility index (Phi) is 7.42. The minimum Gasteiger partial charge on any atom is -0.355 e. The molecule has 0 bridgehead atoms. The minimum atomic E-state index is -0.0650. The number of carbonyl (C=O) groups excluding carboxylic acids is 2. The smallest absolute Gasteiger partial charge is 0.229 e. The third kappa shape index (κ3) is 5.79. The van der Waals surface area contributed by atoms with Gasteiger partial charge in [-0.05, 0) is 31.4 Å². The molecule has 2 saturated heterocycles. The third-order valence-electron chi connectivity index (χ3n) is 5.33. The lowest BCUT2D eigenvalue weighted by Crippen LogP contribution is -2.52. The topological polar surface area (TPSA) is 77.0 Å². The molecule has 0 radical (unpaired) electrons. The van der Waals surface area contributed by atoms with Gasteiger partial charge >= 0.3 is 0 Å². The first-order chi connectivity index (χ1) is 13.7. The molecule has 0 aliphatic carbocycles. The first-order valence-corrected chi connectivity index (χ1v) is 10.2. The van der Waals surface area contributed by atoms with Crippen LogP contribution in [0.2, 0.25) is 0 Å². The highest BCUT2D eigenvalue weighted by Crippen LogP contribution is 2.14. The van der Waals surface area contributed by atoms with Gasteiger partial charge in [0.05, 0.1) is 0 Å². The zero-order chi connectivity index (χ0) is 19.8. The monoisotopic (exact) mass is 385 g/mol. The third-order valence-corrected chi connectivity index (χ3v) is 5.33. The first-order valence-electron chi connectivity index (χ1n) is 10.2. The van der Waals surface area contributed by atoms with Gasteiger partial charge in [-0.2, -0.15) is 0 Å². The molecular formula is C21H31N5O2. The van der Waals surface area contributed by atoms with Crippen molar-refractivity contribution >= 4 is 17.8 Å². The maximum atomic E-state index is 11.9. The number of carbonyl (C=O) groups is 2. The molecule has 152 valence electrons. The summed E-state index contributed by atoms with van der Waals surface area (Å²) < 4.78 is 0. The average Bonchev–Trinajstić information content (AvgIpc) is 2.70. The van der Waals surface area contributed by atoms with Gasteiger partial charge in [0.25, 0.3) is 0 Å². The van der Waals surface area contributed by atoms with Gasteiger partial charge < -0.3 is 10.6 Å². The molecule has 0 aromatic heterocycles. The summed E-state index contributed by atoms with van der Waals surface area (Å²) in [4.78, 5) is 31.9. The van der Waals surface area contributed by atoms with Crippen LogP contribution in [0.25, 0.3) is 0 Å². The van der Waals surface area contributed by atoms with Crippen molar-refractivity contribution < 1.29 is 9.59 Å². The predicted octanol–water partition coefficient (Wildman–Crippen LogP) is 1.36. The Hall–Kier alpha value is -2.41. The van der Waals surface area contributed by atoms with Crippen molar-refractivity contribution in [2.45, 2.75) is 44.7 Å². The lowest BCUT2D eigenvalue weighted by molar-refractivity contribution is -0.147. The van der Waals surface area contributed by atoms with Crippen molar-refractivity contribution in [3.63, 3.8) is 0 Å². The van der Waals surface area contributed by atoms with E-state index in [2.05, 4.69) is 44.8 Å². The maximum Gasteiger partial charge on any atom is 0.229 e. The van der Waals surface area contributed by atoms with E-state index >= 15 is 0 Å². The fraction of sp³-hybridized carbons (Fsp3) is 0.571. The van der Waals surface area contributed by atoms with Gasteiger partial charge in [-0.1, -0.05) is 30.3 Å². The highest BCUT2D eigenvalue weighted by atomic mass is 16.2. The second-order valence-electron chi connectivity index (χ2n) is 7.50. The Labute approximate surface area is 167 Å². The summed E-state index contributed by atoms with van der Waals surface area (Å²) in [6.07, 6.45) is 3.87. The molecule has 1 unspecified atom stereocenters. The standard InChI is InChI=1S/C21H31N5O2/c1-22-21(23-12-14-26-19(27)10-5-11-20(26)28)24-18-9-6-13-25(16-18)15-17-7-3-2-4-8-17/h2-4,7-8,18H,5-6,9-16H2,1H3,(H2,22,23,24). The molecule has 1 atom stereocenters. The Balaban J connectivity index is 1.43. The zero-order valence-corrected chi connectivity index (χ0v) is 16.7. The number of guanidine groups is 1. The molecule has 28 heavy (non-hydrogen) atoms. The lowest BCUT2D eigenvalue weighted by Gasteiger charge is -2.34. The van der Waals surface area contributed by atoms with E-state index in [0.29, 0.717) is 38.4 Å². The SMILES string of the molecule is CN=C(NCCN1C(=O)CCCC1=O)NC1CCCN(Cc2ccccc2)C1. The van der Waals surface area contributed by atoms with Gasteiger partial charge in [0.1, 0.15) is 0 Å². The number of rotatable bonds is 6. The number of nitrogens with zero attached hydrogens (tertiary/aromatic N) is 3. The molecule has 2 aliphatic rings. The molecule has 1 aromatic carbocycles. The summed E-state index contributed by atoms with van der Waals surface area (Å²) in [6, 6.07) is 10.9. The fourth-order valence-electron chi connectivity index (χ4n) is 3.88. The van der Waals surface area contributed by atoms with Crippen LogP contribution in [0.5, 0.6) is 0 Å². The average molecular weight is 386 g/mol. The van der Waals surface area contributed by atoms with Crippen molar-refractivity contribution in [3.8, 4) is 0 Å². The second-order valence-corrected chi connectivity index (χ2v) is 7.50. The van der Waals surface area contributed by atoms with Crippen LogP contribution in [-0.2, 0) is 16.1 Å². The summed E-state index contributed by atoms with van der Waals surface area (Å²) in [5.41, 5.74) is 1.33. The van der Waals surface area contributed by atoms with Crippen LogP contribution in [0.4, 0.5) is 0 Å². The molecule has 0 spiro atoms. The van der Waals surface area contributed by atoms with Crippen molar-refractivity contribution in [2.75, 3.05) is 33.2 Å². The molecular weight excluding hydrogens is 354 g/mol. The molecule has 2 N–H and O–H groups in total. The van der Waals surface area contributed by atoms with E-state index in [0.717, 1.165) is 38.4 Å². The van der Waals surface area contributed by atoms with E-state index in [1.54, 1.807) is 7.05 Å². The van der Waals surface area contributed by atoms with Crippen LogP contribution in [0.15, 0.2) is 35.3 Å². The van der Waals surface area contributed by atoms with E-state index in [9.17, 15) is 9.59 Å². The lowest BCUT2D eigenvalue weighted by atomic mass is 10.0. The van der Waals surface area contributed by atoms with Gasteiger partial charge in [-0.3, -0.25) is 24.4 Å². The number of benzene rings is 1. The van der Waals surface area contributed by atoms with E-state index in [-0.39, 0.29) is 11.8 Å². The number of imide groups is 1. The molecule has 2 heterocycles. The number of hydrogen-bond acceptors (Lipinski definition) is 4. The maximum absolute atomic E-state index is 11.9. The number of aliphatic imine (C=N–C) groups is 1. The summed E-state index contributed by atoms with van der Waals surface area (Å²) in [5, 5.41) is 6.73. The van der Waals surface area contributed by atoms with Crippen LogP contribution < -0.4 is 10.6 Å². The first kappa shape index (κ1) is 20.3. The zero-order valence-electron chi connectivity index (χ0n) is 16.7. The molecule has 3 rings (SSSR count). The fourth-order valence-corrected chi connectivity index (χ4v) is 3.88. The highest BCUT2D eigenvalue weighted by molar-refractivity contribution is 5.97. The van der Waals surface area contributed by atoms with Gasteiger partial charge in [0, 0.05) is 52.1 Å². The Morgan fingerprint density at radius 1 is 1.14 bits per heavy atom. The largest absolute Gasteiger partial charge is 0.355 e. The van der Waals surface area contributed by atoms with Crippen LogP contribution >= 0.6 is 0 Å². The van der Waals surface area contributed by atoms with Crippen molar-refractivity contribution in [1.29, 1.82) is 0 Å². The van der Waals surface area contributed by atoms with Crippen LogP contribution in [0.1, 0.15) is 37.7 Å². The van der Waals surface area contributed by atoms with E-state index < -0.39 is 0 Å². The molecule has 2 fully saturated rings. The minimum absolute atomic E-state index is 0.0650. The normalized spacial score (nSPS) is 21.7. The van der Waals surface area contributed by atoms with Gasteiger partial charge in [0.2, 0.25) is 11.8 Å². The van der Waals surface area contributed by atoms with Crippen molar-refractivity contribution in [3.05, 3.63) is 35.9 Å². The molecule has 2 aliphatic heterocycles. The van der Waals surface area contributed by atoms with Crippen LogP contribution in [0.3, 0.4) is 0 Å². The van der Waals surface area contributed by atoms with Crippen LogP contribution in [0, 0.1) is 0 Å². The van der Waals surface area contributed by atoms with E-state index in [1.165, 1.54) is 10.5 Å². The number of nitrogens with one attached hydrogen (secondary N) is 2. The van der Waals surface area contributed by atoms with Gasteiger partial charge in [0.15, 0.2) is 5.96 Å². The van der Waals surface area contributed by atoms with Crippen molar-refractivity contribution in [2.24, 2.45) is 4.99 Å².